The first-order valence-electron chi connectivity index (χ1n) is 10.8. The summed E-state index contributed by atoms with van der Waals surface area (Å²) >= 11 is 0. The topological polar surface area (TPSA) is 102 Å². The van der Waals surface area contributed by atoms with Crippen LogP contribution >= 0.6 is 0 Å². The van der Waals surface area contributed by atoms with Crippen LogP contribution in [0.3, 0.4) is 0 Å². The smallest absolute Gasteiger partial charge is 0.410 e. The number of likely N-dealkylation sites (tertiary alicyclic amines) is 1. The van der Waals surface area contributed by atoms with Crippen LogP contribution in [0.5, 0.6) is 5.75 Å². The Kier molecular flexibility index (Phi) is 6.02. The Morgan fingerprint density at radius 3 is 2.44 bits per heavy atom. The zero-order valence-electron chi connectivity index (χ0n) is 18.9. The number of piperidine rings is 1. The lowest BCUT2D eigenvalue weighted by Crippen LogP contribution is -2.55. The van der Waals surface area contributed by atoms with Crippen LogP contribution in [0.4, 0.5) is 4.79 Å². The fraction of sp³-hybridized carbons (Fsp3) is 0.591. The number of hydrogen-bond donors (Lipinski definition) is 0. The van der Waals surface area contributed by atoms with Crippen LogP contribution in [0.15, 0.2) is 24.5 Å². The van der Waals surface area contributed by atoms with Gasteiger partial charge in [0.2, 0.25) is 10.0 Å². The third kappa shape index (κ3) is 5.12. The molecule has 2 aliphatic rings. The number of amides is 1. The Morgan fingerprint density at radius 1 is 1.12 bits per heavy atom. The van der Waals surface area contributed by atoms with E-state index < -0.39 is 15.6 Å². The van der Waals surface area contributed by atoms with Crippen LogP contribution < -0.4 is 4.74 Å². The number of carbonyl (C=O) groups is 1. The van der Waals surface area contributed by atoms with Gasteiger partial charge in [0.05, 0.1) is 30.6 Å². The molecule has 4 rings (SSSR count). The van der Waals surface area contributed by atoms with Crippen LogP contribution in [-0.2, 0) is 14.8 Å². The molecule has 9 nitrogen and oxygen atoms in total. The van der Waals surface area contributed by atoms with E-state index in [2.05, 4.69) is 9.97 Å². The number of benzene rings is 1. The fourth-order valence-corrected chi connectivity index (χ4v) is 4.93. The molecular formula is C22H30N4O5S. The molecule has 2 saturated heterocycles. The van der Waals surface area contributed by atoms with Crippen LogP contribution in [0.1, 0.15) is 45.2 Å². The van der Waals surface area contributed by atoms with E-state index in [-0.39, 0.29) is 18.1 Å². The number of ether oxygens (including phenoxy) is 2. The number of hydrogen-bond acceptors (Lipinski definition) is 7. The van der Waals surface area contributed by atoms with Gasteiger partial charge in [-0.15, -0.1) is 0 Å². The zero-order chi connectivity index (χ0) is 23.1. The van der Waals surface area contributed by atoms with Crippen molar-refractivity contribution in [2.45, 2.75) is 51.2 Å². The van der Waals surface area contributed by atoms with Crippen molar-refractivity contribution < 1.29 is 22.7 Å². The van der Waals surface area contributed by atoms with Crippen molar-refractivity contribution in [2.24, 2.45) is 0 Å². The van der Waals surface area contributed by atoms with E-state index in [0.717, 1.165) is 29.4 Å². The highest BCUT2D eigenvalue weighted by atomic mass is 32.2. The standard InChI is InChI=1S/C22H30N4O5S/c1-22(2,3)31-21(27)25-9-7-15(8-10-25)20-18-6-5-16(11-19(18)23-14-24-20)30-17-12-26(13-17)32(4,28)29/h5-6,11,14-15,17H,7-10,12-13H2,1-4H3. The highest BCUT2D eigenvalue weighted by Gasteiger charge is 2.35. The number of carbonyl (C=O) groups excluding carboxylic acids is 1. The maximum Gasteiger partial charge on any atom is 0.410 e. The summed E-state index contributed by atoms with van der Waals surface area (Å²) in [5.74, 6) is 0.904. The number of fused-ring (bicyclic) bond motifs is 1. The fourth-order valence-electron chi connectivity index (χ4n) is 4.06. The molecule has 1 amide bonds. The van der Waals surface area contributed by atoms with Crippen LogP contribution in [0.2, 0.25) is 0 Å². The third-order valence-electron chi connectivity index (χ3n) is 5.76. The molecule has 0 saturated carbocycles. The number of nitrogens with zero attached hydrogens (tertiary/aromatic N) is 4. The molecular weight excluding hydrogens is 432 g/mol. The lowest BCUT2D eigenvalue weighted by Gasteiger charge is -2.36. The van der Waals surface area contributed by atoms with Gasteiger partial charge in [-0.05, 0) is 45.7 Å². The summed E-state index contributed by atoms with van der Waals surface area (Å²) in [7, 11) is -3.16. The number of aromatic nitrogens is 2. The van der Waals surface area contributed by atoms with Crippen molar-refractivity contribution in [2.75, 3.05) is 32.4 Å². The van der Waals surface area contributed by atoms with E-state index in [4.69, 9.17) is 9.47 Å². The summed E-state index contributed by atoms with van der Waals surface area (Å²) < 4.78 is 35.8. The van der Waals surface area contributed by atoms with Crippen molar-refractivity contribution in [1.29, 1.82) is 0 Å². The van der Waals surface area contributed by atoms with Crippen LogP contribution in [-0.4, -0.2) is 77.8 Å². The zero-order valence-corrected chi connectivity index (χ0v) is 19.8. The van der Waals surface area contributed by atoms with Gasteiger partial charge in [0, 0.05) is 30.5 Å². The predicted octanol–water partition coefficient (Wildman–Crippen LogP) is 2.77. The lowest BCUT2D eigenvalue weighted by molar-refractivity contribution is 0.0204. The van der Waals surface area contributed by atoms with Crippen LogP contribution in [0, 0.1) is 0 Å². The second-order valence-corrected chi connectivity index (χ2v) is 11.5. The molecule has 2 aliphatic heterocycles. The molecule has 10 heteroatoms. The lowest BCUT2D eigenvalue weighted by atomic mass is 9.91. The van der Waals surface area contributed by atoms with Gasteiger partial charge in [-0.3, -0.25) is 0 Å². The molecule has 2 fully saturated rings. The number of rotatable bonds is 4. The van der Waals surface area contributed by atoms with E-state index in [1.54, 1.807) is 11.2 Å². The van der Waals surface area contributed by atoms with Gasteiger partial charge >= 0.3 is 6.09 Å². The average Bonchev–Trinajstić information content (AvgIpc) is 2.67. The van der Waals surface area contributed by atoms with Crippen molar-refractivity contribution in [1.82, 2.24) is 19.2 Å². The summed E-state index contributed by atoms with van der Waals surface area (Å²) in [5, 5.41) is 0.974. The van der Waals surface area contributed by atoms with Gasteiger partial charge in [-0.25, -0.2) is 23.2 Å². The molecule has 32 heavy (non-hydrogen) atoms. The Bertz CT molecular complexity index is 1100. The molecule has 0 unspecified atom stereocenters. The minimum Gasteiger partial charge on any atom is -0.488 e. The Labute approximate surface area is 188 Å². The largest absolute Gasteiger partial charge is 0.488 e. The average molecular weight is 463 g/mol. The summed E-state index contributed by atoms with van der Waals surface area (Å²) in [4.78, 5) is 23.0. The maximum absolute atomic E-state index is 12.3. The Balaban J connectivity index is 1.41. The first kappa shape index (κ1) is 22.7. The molecule has 1 aromatic heterocycles. The summed E-state index contributed by atoms with van der Waals surface area (Å²) in [6, 6.07) is 5.72. The third-order valence-corrected chi connectivity index (χ3v) is 6.99. The highest BCUT2D eigenvalue weighted by Crippen LogP contribution is 2.33. The molecule has 174 valence electrons. The molecule has 0 atom stereocenters. The molecule has 0 N–H and O–H groups in total. The van der Waals surface area contributed by atoms with Gasteiger partial charge in [0.15, 0.2) is 0 Å². The predicted molar refractivity (Wildman–Crippen MR) is 120 cm³/mol. The second-order valence-electron chi connectivity index (χ2n) is 9.50. The molecule has 0 radical (unpaired) electrons. The van der Waals surface area contributed by atoms with Gasteiger partial charge in [0.25, 0.3) is 0 Å². The molecule has 0 spiro atoms. The monoisotopic (exact) mass is 462 g/mol. The SMILES string of the molecule is CC(C)(C)OC(=O)N1CCC(c2ncnc3cc(OC4CN(S(C)(=O)=O)C4)ccc23)CC1. The Hall–Kier alpha value is -2.46. The number of sulfonamides is 1. The summed E-state index contributed by atoms with van der Waals surface area (Å²) in [6.07, 6.45) is 3.97. The van der Waals surface area contributed by atoms with Gasteiger partial charge in [-0.1, -0.05) is 0 Å². The van der Waals surface area contributed by atoms with E-state index in [1.807, 2.05) is 39.0 Å². The minimum absolute atomic E-state index is 0.152. The summed E-state index contributed by atoms with van der Waals surface area (Å²) in [6.45, 7) is 7.60. The van der Waals surface area contributed by atoms with E-state index in [1.165, 1.54) is 10.6 Å². The molecule has 1 aromatic carbocycles. The Morgan fingerprint density at radius 2 is 1.81 bits per heavy atom. The van der Waals surface area contributed by atoms with Crippen molar-refractivity contribution >= 4 is 27.0 Å². The first-order valence-corrected chi connectivity index (χ1v) is 12.7. The highest BCUT2D eigenvalue weighted by molar-refractivity contribution is 7.88. The minimum atomic E-state index is -3.16. The van der Waals surface area contributed by atoms with Crippen LogP contribution in [0.25, 0.3) is 10.9 Å². The summed E-state index contributed by atoms with van der Waals surface area (Å²) in [5.41, 5.74) is 1.28. The van der Waals surface area contributed by atoms with E-state index >= 15 is 0 Å². The van der Waals surface area contributed by atoms with Gasteiger partial charge in [-0.2, -0.15) is 4.31 Å². The maximum atomic E-state index is 12.3. The van der Waals surface area contributed by atoms with Crippen molar-refractivity contribution in [3.05, 3.63) is 30.2 Å². The van der Waals surface area contributed by atoms with E-state index in [9.17, 15) is 13.2 Å². The van der Waals surface area contributed by atoms with Crippen molar-refractivity contribution in [3.8, 4) is 5.75 Å². The van der Waals surface area contributed by atoms with Gasteiger partial charge in [0.1, 0.15) is 23.8 Å². The molecule has 0 aliphatic carbocycles. The molecule has 3 heterocycles. The normalized spacial score (nSPS) is 19.1. The van der Waals surface area contributed by atoms with Gasteiger partial charge < -0.3 is 14.4 Å². The molecule has 2 aromatic rings. The molecule has 0 bridgehead atoms. The quantitative estimate of drug-likeness (QED) is 0.688. The second kappa shape index (κ2) is 8.47. The van der Waals surface area contributed by atoms with Crippen molar-refractivity contribution in [3.63, 3.8) is 0 Å². The van der Waals surface area contributed by atoms with E-state index in [0.29, 0.717) is 31.9 Å². The first-order chi connectivity index (χ1) is 15.0.